The molecule has 0 aliphatic rings. The van der Waals surface area contributed by atoms with Gasteiger partial charge in [0, 0.05) is 42.5 Å². The molecule has 4 aromatic rings. The van der Waals surface area contributed by atoms with Gasteiger partial charge in [-0.15, -0.1) is 0 Å². The molecule has 3 aromatic heterocycles. The average molecular weight is 465 g/mol. The first-order valence-electron chi connectivity index (χ1n) is 10.6. The molecule has 2 atom stereocenters. The summed E-state index contributed by atoms with van der Waals surface area (Å²) in [5.74, 6) is -0.301. The van der Waals surface area contributed by atoms with E-state index in [9.17, 15) is 14.3 Å². The molecule has 1 aromatic carbocycles. The minimum atomic E-state index is -0.654. The molecule has 176 valence electrons. The Morgan fingerprint density at radius 1 is 1.21 bits per heavy atom. The average Bonchev–Trinajstić information content (AvgIpc) is 3.27. The number of halogens is 1. The number of nitrogens with zero attached hydrogens (tertiary/aromatic N) is 4. The lowest BCUT2D eigenvalue weighted by atomic mass is 10.0. The number of aliphatic hydroxyl groups is 1. The highest BCUT2D eigenvalue weighted by molar-refractivity contribution is 5.95. The Bertz CT molecular complexity index is 1330. The number of hydrogen-bond donors (Lipinski definition) is 3. The van der Waals surface area contributed by atoms with E-state index in [4.69, 9.17) is 4.74 Å². The van der Waals surface area contributed by atoms with E-state index in [0.29, 0.717) is 22.5 Å². The van der Waals surface area contributed by atoms with E-state index in [1.54, 1.807) is 54.6 Å². The number of carbonyl (C=O) groups excluding carboxylic acids is 1. The number of aryl methyl sites for hydroxylation is 1. The predicted octanol–water partition coefficient (Wildman–Crippen LogP) is 2.82. The van der Waals surface area contributed by atoms with Crippen LogP contribution in [0.1, 0.15) is 34.6 Å². The van der Waals surface area contributed by atoms with Gasteiger partial charge in [-0.25, -0.2) is 14.4 Å². The van der Waals surface area contributed by atoms with Gasteiger partial charge >= 0.3 is 0 Å². The Morgan fingerprint density at radius 2 is 2.03 bits per heavy atom. The fourth-order valence-corrected chi connectivity index (χ4v) is 3.54. The lowest BCUT2D eigenvalue weighted by molar-refractivity contribution is 0.0938. The van der Waals surface area contributed by atoms with Gasteiger partial charge in [-0.05, 0) is 36.8 Å². The zero-order chi connectivity index (χ0) is 24.2. The third kappa shape index (κ3) is 4.96. The Balaban J connectivity index is 1.65. The molecule has 0 radical (unpaired) electrons. The lowest BCUT2D eigenvalue weighted by Gasteiger charge is -2.19. The normalized spacial score (nSPS) is 12.9. The van der Waals surface area contributed by atoms with Crippen LogP contribution in [0.3, 0.4) is 0 Å². The largest absolute Gasteiger partial charge is 0.494 e. The number of fused-ring (bicyclic) bond motifs is 1. The molecular weight excluding hydrogens is 439 g/mol. The number of nitrogens with one attached hydrogen (secondary N) is 2. The number of pyridine rings is 2. The summed E-state index contributed by atoms with van der Waals surface area (Å²) in [5, 5.41) is 20.2. The number of ether oxygens (including phenoxy) is 1. The minimum absolute atomic E-state index is 0.0444. The minimum Gasteiger partial charge on any atom is -0.494 e. The molecule has 10 heteroatoms. The summed E-state index contributed by atoms with van der Waals surface area (Å²) >= 11 is 0. The second-order valence-corrected chi connectivity index (χ2v) is 7.93. The van der Waals surface area contributed by atoms with E-state index in [-0.39, 0.29) is 24.1 Å². The van der Waals surface area contributed by atoms with Crippen molar-refractivity contribution in [3.63, 3.8) is 0 Å². The molecule has 1 amide bonds. The van der Waals surface area contributed by atoms with Crippen LogP contribution in [0.5, 0.6) is 5.75 Å². The molecule has 0 fully saturated rings. The van der Waals surface area contributed by atoms with Gasteiger partial charge in [-0.1, -0.05) is 6.07 Å². The number of anilines is 1. The Kier molecular flexibility index (Phi) is 6.69. The van der Waals surface area contributed by atoms with Gasteiger partial charge in [-0.2, -0.15) is 5.10 Å². The van der Waals surface area contributed by atoms with E-state index >= 15 is 0 Å². The van der Waals surface area contributed by atoms with Gasteiger partial charge in [0.15, 0.2) is 11.6 Å². The first kappa shape index (κ1) is 23.1. The summed E-state index contributed by atoms with van der Waals surface area (Å²) in [6.07, 6.45) is 5.02. The van der Waals surface area contributed by atoms with Gasteiger partial charge in [0.1, 0.15) is 11.5 Å². The fourth-order valence-electron chi connectivity index (χ4n) is 3.54. The predicted molar refractivity (Wildman–Crippen MR) is 125 cm³/mol. The summed E-state index contributed by atoms with van der Waals surface area (Å²) < 4.78 is 21.0. The molecule has 0 aliphatic heterocycles. The van der Waals surface area contributed by atoms with Crippen LogP contribution in [-0.4, -0.2) is 50.5 Å². The number of aromatic nitrogens is 4. The molecule has 3 N–H and O–H groups in total. The molecule has 1 unspecified atom stereocenters. The molecule has 0 spiro atoms. The molecule has 0 saturated carbocycles. The molecule has 0 bridgehead atoms. The highest BCUT2D eigenvalue weighted by Gasteiger charge is 2.22. The van der Waals surface area contributed by atoms with Crippen molar-refractivity contribution in [3.8, 4) is 5.75 Å². The summed E-state index contributed by atoms with van der Waals surface area (Å²) in [6, 6.07) is 8.79. The van der Waals surface area contributed by atoms with E-state index in [1.807, 2.05) is 6.92 Å². The second kappa shape index (κ2) is 9.84. The number of aliphatic hydroxyl groups excluding tert-OH is 1. The Labute approximate surface area is 195 Å². The van der Waals surface area contributed by atoms with Crippen LogP contribution in [0.25, 0.3) is 10.9 Å². The second-order valence-electron chi connectivity index (χ2n) is 7.93. The van der Waals surface area contributed by atoms with Crippen LogP contribution in [-0.2, 0) is 7.05 Å². The van der Waals surface area contributed by atoms with Crippen molar-refractivity contribution in [3.05, 3.63) is 77.6 Å². The van der Waals surface area contributed by atoms with Gasteiger partial charge < -0.3 is 20.5 Å². The van der Waals surface area contributed by atoms with Crippen molar-refractivity contribution in [2.24, 2.45) is 7.05 Å². The summed E-state index contributed by atoms with van der Waals surface area (Å²) in [6.45, 7) is 1.78. The molecule has 34 heavy (non-hydrogen) atoms. The van der Waals surface area contributed by atoms with Gasteiger partial charge in [0.2, 0.25) is 0 Å². The molecule has 0 aliphatic carbocycles. The highest BCUT2D eigenvalue weighted by atomic mass is 19.1. The zero-order valence-electron chi connectivity index (χ0n) is 19.0. The van der Waals surface area contributed by atoms with Gasteiger partial charge in [0.25, 0.3) is 5.91 Å². The van der Waals surface area contributed by atoms with Crippen molar-refractivity contribution in [1.29, 1.82) is 0 Å². The van der Waals surface area contributed by atoms with Gasteiger partial charge in [0.05, 0.1) is 31.5 Å². The maximum Gasteiger partial charge on any atom is 0.270 e. The first-order valence-corrected chi connectivity index (χ1v) is 10.6. The topological polar surface area (TPSA) is 114 Å². The van der Waals surface area contributed by atoms with Crippen LogP contribution in [0.15, 0.2) is 55.0 Å². The Morgan fingerprint density at radius 3 is 2.71 bits per heavy atom. The number of methoxy groups -OCH3 is 1. The van der Waals surface area contributed by atoms with Crippen LogP contribution >= 0.6 is 0 Å². The number of hydrogen-bond acceptors (Lipinski definition) is 7. The monoisotopic (exact) mass is 464 g/mol. The quantitative estimate of drug-likeness (QED) is 0.367. The highest BCUT2D eigenvalue weighted by Crippen LogP contribution is 2.27. The number of carbonyl (C=O) groups is 1. The van der Waals surface area contributed by atoms with Crippen LogP contribution in [0.2, 0.25) is 0 Å². The number of rotatable bonds is 8. The first-order chi connectivity index (χ1) is 16.4. The Hall–Kier alpha value is -4.05. The van der Waals surface area contributed by atoms with Crippen LogP contribution < -0.4 is 15.4 Å². The smallest absolute Gasteiger partial charge is 0.270 e. The van der Waals surface area contributed by atoms with Crippen molar-refractivity contribution in [2.75, 3.05) is 19.0 Å². The standard InChI is InChI=1S/C24H25FN6O3/c1-14(13-32)28-22-9-20-16(10-26-22)4-6-19(29-20)24(33)30-23(17-11-27-31(2)12-17)15-5-7-21(34-3)18(25)8-15/h4-12,14,23,32H,13H2,1-3H3,(H,26,28)(H,30,33)/t14?,23-/m0/s1. The molecule has 3 heterocycles. The van der Waals surface area contributed by atoms with Crippen molar-refractivity contribution >= 4 is 22.6 Å². The van der Waals surface area contributed by atoms with Gasteiger partial charge in [-0.3, -0.25) is 9.48 Å². The molecule has 9 nitrogen and oxygen atoms in total. The van der Waals surface area contributed by atoms with E-state index < -0.39 is 17.8 Å². The van der Waals surface area contributed by atoms with Crippen molar-refractivity contribution in [1.82, 2.24) is 25.1 Å². The van der Waals surface area contributed by atoms with Crippen LogP contribution in [0, 0.1) is 5.82 Å². The summed E-state index contributed by atoms with van der Waals surface area (Å²) in [4.78, 5) is 22.0. The van der Waals surface area contributed by atoms with Crippen molar-refractivity contribution in [2.45, 2.75) is 19.0 Å². The lowest BCUT2D eigenvalue weighted by Crippen LogP contribution is -2.30. The van der Waals surface area contributed by atoms with Crippen molar-refractivity contribution < 1.29 is 19.0 Å². The molecule has 4 rings (SSSR count). The molecular formula is C24H25FN6O3. The zero-order valence-corrected chi connectivity index (χ0v) is 19.0. The summed E-state index contributed by atoms with van der Waals surface area (Å²) in [5.41, 5.74) is 2.00. The SMILES string of the molecule is COc1ccc([C@H](NC(=O)c2ccc3cnc(NC(C)CO)cc3n2)c2cnn(C)c2)cc1F. The third-order valence-corrected chi connectivity index (χ3v) is 5.32. The van der Waals surface area contributed by atoms with E-state index in [2.05, 4.69) is 25.7 Å². The maximum atomic E-state index is 14.4. The molecule has 0 saturated heterocycles. The van der Waals surface area contributed by atoms with E-state index in [1.165, 1.54) is 19.2 Å². The number of amides is 1. The van der Waals surface area contributed by atoms with Crippen LogP contribution in [0.4, 0.5) is 10.2 Å². The number of benzene rings is 1. The summed E-state index contributed by atoms with van der Waals surface area (Å²) in [7, 11) is 3.16. The third-order valence-electron chi connectivity index (χ3n) is 5.32. The fraction of sp³-hybridized carbons (Fsp3) is 0.250. The van der Waals surface area contributed by atoms with E-state index in [0.717, 1.165) is 5.39 Å². The maximum absolute atomic E-state index is 14.4.